The van der Waals surface area contributed by atoms with Gasteiger partial charge in [-0.2, -0.15) is 11.8 Å². The topological polar surface area (TPSA) is 12.0 Å². The number of hydrogen-bond acceptors (Lipinski definition) is 2. The van der Waals surface area contributed by atoms with Crippen LogP contribution < -0.4 is 5.32 Å². The van der Waals surface area contributed by atoms with Crippen molar-refractivity contribution in [2.75, 3.05) is 18.1 Å². The van der Waals surface area contributed by atoms with Gasteiger partial charge in [0, 0.05) is 21.8 Å². The highest BCUT2D eigenvalue weighted by Gasteiger charge is 2.14. The molecule has 96 valence electrons. The van der Waals surface area contributed by atoms with E-state index < -0.39 is 0 Å². The third kappa shape index (κ3) is 5.09. The van der Waals surface area contributed by atoms with Gasteiger partial charge in [-0.05, 0) is 42.5 Å². The number of rotatable bonds is 7. The second kappa shape index (κ2) is 8.25. The van der Waals surface area contributed by atoms with Crippen LogP contribution in [0.5, 0.6) is 0 Å². The van der Waals surface area contributed by atoms with Crippen LogP contribution in [0.1, 0.15) is 31.9 Å². The second-order valence-electron chi connectivity index (χ2n) is 3.85. The summed E-state index contributed by atoms with van der Waals surface area (Å²) in [6, 6.07) is 5.94. The van der Waals surface area contributed by atoms with Gasteiger partial charge < -0.3 is 5.32 Å². The molecule has 0 fully saturated rings. The molecule has 0 bridgehead atoms. The van der Waals surface area contributed by atoms with Crippen LogP contribution in [0.4, 0.5) is 0 Å². The maximum atomic E-state index is 6.23. The molecular formula is C13H19Cl2NS. The predicted molar refractivity (Wildman–Crippen MR) is 80.5 cm³/mol. The molecule has 0 amide bonds. The minimum absolute atomic E-state index is 0.280. The molecule has 1 atom stereocenters. The van der Waals surface area contributed by atoms with Crippen molar-refractivity contribution in [1.29, 1.82) is 0 Å². The first-order valence-electron chi connectivity index (χ1n) is 5.95. The van der Waals surface area contributed by atoms with Crippen molar-refractivity contribution in [2.24, 2.45) is 0 Å². The summed E-state index contributed by atoms with van der Waals surface area (Å²) in [6.07, 6.45) is 1.20. The van der Waals surface area contributed by atoms with Crippen LogP contribution >= 0.6 is 35.0 Å². The van der Waals surface area contributed by atoms with Crippen molar-refractivity contribution < 1.29 is 0 Å². The maximum Gasteiger partial charge on any atom is 0.0455 e. The second-order valence-corrected chi connectivity index (χ2v) is 5.84. The summed E-state index contributed by atoms with van der Waals surface area (Å²) < 4.78 is 0. The standard InChI is InChI=1S/C13H19Cl2NS/c1-3-7-17-9-13(16-4-2)11-8-10(14)5-6-12(11)15/h5-6,8,13,16H,3-4,7,9H2,1-2H3. The molecule has 1 N–H and O–H groups in total. The van der Waals surface area contributed by atoms with Gasteiger partial charge >= 0.3 is 0 Å². The fourth-order valence-corrected chi connectivity index (χ4v) is 3.05. The number of nitrogens with one attached hydrogen (secondary N) is 1. The van der Waals surface area contributed by atoms with E-state index in [1.54, 1.807) is 0 Å². The number of benzene rings is 1. The lowest BCUT2D eigenvalue weighted by Crippen LogP contribution is -2.23. The van der Waals surface area contributed by atoms with Gasteiger partial charge in [0.25, 0.3) is 0 Å². The van der Waals surface area contributed by atoms with E-state index in [2.05, 4.69) is 19.2 Å². The molecule has 1 aromatic carbocycles. The highest BCUT2D eigenvalue weighted by atomic mass is 35.5. The van der Waals surface area contributed by atoms with E-state index in [0.717, 1.165) is 27.9 Å². The molecule has 0 aliphatic heterocycles. The average molecular weight is 292 g/mol. The minimum Gasteiger partial charge on any atom is -0.309 e. The fourth-order valence-electron chi connectivity index (χ4n) is 1.63. The van der Waals surface area contributed by atoms with Gasteiger partial charge in [-0.25, -0.2) is 0 Å². The minimum atomic E-state index is 0.280. The summed E-state index contributed by atoms with van der Waals surface area (Å²) >= 11 is 14.2. The Morgan fingerprint density at radius 1 is 1.29 bits per heavy atom. The highest BCUT2D eigenvalue weighted by molar-refractivity contribution is 7.99. The number of halogens is 2. The zero-order valence-electron chi connectivity index (χ0n) is 10.3. The summed E-state index contributed by atoms with van der Waals surface area (Å²) in [6.45, 7) is 5.23. The van der Waals surface area contributed by atoms with Crippen LogP contribution in [0.25, 0.3) is 0 Å². The largest absolute Gasteiger partial charge is 0.309 e. The first-order valence-corrected chi connectivity index (χ1v) is 7.86. The molecule has 17 heavy (non-hydrogen) atoms. The normalized spacial score (nSPS) is 12.7. The molecule has 1 unspecified atom stereocenters. The Balaban J connectivity index is 2.77. The van der Waals surface area contributed by atoms with Crippen LogP contribution in [0.3, 0.4) is 0 Å². The van der Waals surface area contributed by atoms with E-state index >= 15 is 0 Å². The molecule has 0 aliphatic rings. The Morgan fingerprint density at radius 3 is 2.71 bits per heavy atom. The summed E-state index contributed by atoms with van der Waals surface area (Å²) in [5.41, 5.74) is 1.10. The number of thioether (sulfide) groups is 1. The molecule has 0 radical (unpaired) electrons. The quantitative estimate of drug-likeness (QED) is 0.725. The van der Waals surface area contributed by atoms with Gasteiger partial charge in [-0.1, -0.05) is 37.0 Å². The van der Waals surface area contributed by atoms with Crippen molar-refractivity contribution in [3.8, 4) is 0 Å². The summed E-state index contributed by atoms with van der Waals surface area (Å²) in [5.74, 6) is 2.21. The first kappa shape index (κ1) is 15.2. The molecule has 1 nitrogen and oxygen atoms in total. The maximum absolute atomic E-state index is 6.23. The Kier molecular flexibility index (Phi) is 7.36. The van der Waals surface area contributed by atoms with Gasteiger partial charge in [0.05, 0.1) is 0 Å². The molecule has 1 rings (SSSR count). The third-order valence-electron chi connectivity index (χ3n) is 2.42. The van der Waals surface area contributed by atoms with E-state index in [1.165, 1.54) is 12.2 Å². The molecule has 1 aromatic rings. The van der Waals surface area contributed by atoms with E-state index in [-0.39, 0.29) is 6.04 Å². The molecular weight excluding hydrogens is 273 g/mol. The van der Waals surface area contributed by atoms with Crippen LogP contribution in [0.2, 0.25) is 10.0 Å². The van der Waals surface area contributed by atoms with E-state index in [9.17, 15) is 0 Å². The van der Waals surface area contributed by atoms with Gasteiger partial charge in [-0.3, -0.25) is 0 Å². The molecule has 4 heteroatoms. The van der Waals surface area contributed by atoms with E-state index in [4.69, 9.17) is 23.2 Å². The Bertz CT molecular complexity index is 344. The summed E-state index contributed by atoms with van der Waals surface area (Å²) in [7, 11) is 0. The zero-order valence-corrected chi connectivity index (χ0v) is 12.6. The lowest BCUT2D eigenvalue weighted by atomic mass is 10.1. The number of hydrogen-bond donors (Lipinski definition) is 1. The van der Waals surface area contributed by atoms with Crippen LogP contribution in [-0.4, -0.2) is 18.1 Å². The molecule has 0 aromatic heterocycles. The Labute approximate surface area is 118 Å². The van der Waals surface area contributed by atoms with Gasteiger partial charge in [0.2, 0.25) is 0 Å². The van der Waals surface area contributed by atoms with Crippen LogP contribution in [0.15, 0.2) is 18.2 Å². The molecule has 0 spiro atoms. The Hall–Kier alpha value is 0.110. The van der Waals surface area contributed by atoms with Crippen LogP contribution in [-0.2, 0) is 0 Å². The molecule has 0 aliphatic carbocycles. The van der Waals surface area contributed by atoms with E-state index in [0.29, 0.717) is 0 Å². The molecule has 0 heterocycles. The van der Waals surface area contributed by atoms with Crippen LogP contribution in [0, 0.1) is 0 Å². The van der Waals surface area contributed by atoms with Gasteiger partial charge in [0.15, 0.2) is 0 Å². The lowest BCUT2D eigenvalue weighted by Gasteiger charge is -2.19. The molecule has 0 saturated carbocycles. The van der Waals surface area contributed by atoms with Crippen molar-refractivity contribution in [1.82, 2.24) is 5.32 Å². The lowest BCUT2D eigenvalue weighted by molar-refractivity contribution is 0.606. The smallest absolute Gasteiger partial charge is 0.0455 e. The SMILES string of the molecule is CCCSCC(NCC)c1cc(Cl)ccc1Cl. The van der Waals surface area contributed by atoms with Crippen molar-refractivity contribution >= 4 is 35.0 Å². The predicted octanol–water partition coefficient (Wildman–Crippen LogP) is 4.79. The zero-order chi connectivity index (χ0) is 12.7. The van der Waals surface area contributed by atoms with Crippen molar-refractivity contribution in [3.05, 3.63) is 33.8 Å². The first-order chi connectivity index (χ1) is 8.19. The molecule has 0 saturated heterocycles. The van der Waals surface area contributed by atoms with Gasteiger partial charge in [-0.15, -0.1) is 0 Å². The third-order valence-corrected chi connectivity index (χ3v) is 4.26. The average Bonchev–Trinajstić information content (AvgIpc) is 2.32. The highest BCUT2D eigenvalue weighted by Crippen LogP contribution is 2.28. The van der Waals surface area contributed by atoms with E-state index in [1.807, 2.05) is 30.0 Å². The van der Waals surface area contributed by atoms with Crippen molar-refractivity contribution in [3.63, 3.8) is 0 Å². The monoisotopic (exact) mass is 291 g/mol. The Morgan fingerprint density at radius 2 is 2.06 bits per heavy atom. The van der Waals surface area contributed by atoms with Gasteiger partial charge in [0.1, 0.15) is 0 Å². The summed E-state index contributed by atoms with van der Waals surface area (Å²) in [4.78, 5) is 0. The fraction of sp³-hybridized carbons (Fsp3) is 0.538. The van der Waals surface area contributed by atoms with Crippen molar-refractivity contribution in [2.45, 2.75) is 26.3 Å². The summed E-state index contributed by atoms with van der Waals surface area (Å²) in [5, 5.41) is 4.99.